The van der Waals surface area contributed by atoms with E-state index in [1.807, 2.05) is 0 Å². The number of carbonyl (C=O) groups excluding carboxylic acids is 1. The molecule has 0 spiro atoms. The summed E-state index contributed by atoms with van der Waals surface area (Å²) in [5, 5.41) is 0. The van der Waals surface area contributed by atoms with Crippen molar-refractivity contribution in [3.05, 3.63) is 34.9 Å². The van der Waals surface area contributed by atoms with Crippen LogP contribution in [0.4, 0.5) is 26.3 Å². The molecule has 0 unspecified atom stereocenters. The molecule has 0 saturated carbocycles. The maximum atomic E-state index is 12.7. The van der Waals surface area contributed by atoms with Gasteiger partial charge in [-0.1, -0.05) is 6.07 Å². The van der Waals surface area contributed by atoms with E-state index in [-0.39, 0.29) is 24.5 Å². The van der Waals surface area contributed by atoms with Crippen LogP contribution >= 0.6 is 0 Å². The number of primary amides is 1. The molecule has 0 aliphatic rings. The zero-order valence-electron chi connectivity index (χ0n) is 9.40. The third kappa shape index (κ3) is 4.15. The SMILES string of the molecule is NC(=O)CCc1ccc(C(F)(F)F)cc1C(F)(F)F. The number of hydrogen-bond donors (Lipinski definition) is 1. The monoisotopic (exact) mass is 285 g/mol. The molecule has 0 heterocycles. The van der Waals surface area contributed by atoms with Gasteiger partial charge in [-0.25, -0.2) is 0 Å². The fourth-order valence-electron chi connectivity index (χ4n) is 1.49. The van der Waals surface area contributed by atoms with Gasteiger partial charge in [0.05, 0.1) is 11.1 Å². The molecule has 1 aromatic carbocycles. The molecule has 0 saturated heterocycles. The topological polar surface area (TPSA) is 43.1 Å². The summed E-state index contributed by atoms with van der Waals surface area (Å²) in [6.45, 7) is 0. The molecule has 2 nitrogen and oxygen atoms in total. The van der Waals surface area contributed by atoms with E-state index in [0.29, 0.717) is 12.1 Å². The summed E-state index contributed by atoms with van der Waals surface area (Å²) in [6, 6.07) is 1.30. The number of benzene rings is 1. The largest absolute Gasteiger partial charge is 0.416 e. The molecule has 106 valence electrons. The van der Waals surface area contributed by atoms with Crippen molar-refractivity contribution in [2.24, 2.45) is 5.73 Å². The van der Waals surface area contributed by atoms with Crippen molar-refractivity contribution in [2.45, 2.75) is 25.2 Å². The van der Waals surface area contributed by atoms with Gasteiger partial charge in [0.2, 0.25) is 5.91 Å². The van der Waals surface area contributed by atoms with Gasteiger partial charge in [0, 0.05) is 6.42 Å². The minimum absolute atomic E-state index is 0.0380. The van der Waals surface area contributed by atoms with E-state index in [2.05, 4.69) is 0 Å². The Morgan fingerprint density at radius 2 is 1.63 bits per heavy atom. The number of alkyl halides is 6. The number of nitrogens with two attached hydrogens (primary N) is 1. The van der Waals surface area contributed by atoms with Gasteiger partial charge in [0.15, 0.2) is 0 Å². The number of rotatable bonds is 3. The van der Waals surface area contributed by atoms with Crippen LogP contribution < -0.4 is 5.73 Å². The van der Waals surface area contributed by atoms with Crippen LogP contribution in [0.15, 0.2) is 18.2 Å². The van der Waals surface area contributed by atoms with Gasteiger partial charge < -0.3 is 5.73 Å². The maximum Gasteiger partial charge on any atom is 0.416 e. The number of hydrogen-bond acceptors (Lipinski definition) is 1. The Morgan fingerprint density at radius 3 is 2.05 bits per heavy atom. The van der Waals surface area contributed by atoms with Crippen molar-refractivity contribution in [1.82, 2.24) is 0 Å². The number of aryl methyl sites for hydroxylation is 1. The molecule has 0 aromatic heterocycles. The van der Waals surface area contributed by atoms with Crippen LogP contribution in [0.1, 0.15) is 23.1 Å². The molecular formula is C11H9F6NO. The average molecular weight is 285 g/mol. The van der Waals surface area contributed by atoms with Gasteiger partial charge in [-0.2, -0.15) is 26.3 Å². The van der Waals surface area contributed by atoms with Crippen molar-refractivity contribution in [3.8, 4) is 0 Å². The Morgan fingerprint density at radius 1 is 1.05 bits per heavy atom. The molecule has 2 N–H and O–H groups in total. The Bertz CT molecular complexity index is 477. The van der Waals surface area contributed by atoms with Crippen LogP contribution in [0.3, 0.4) is 0 Å². The van der Waals surface area contributed by atoms with Crippen molar-refractivity contribution >= 4 is 5.91 Å². The summed E-state index contributed by atoms with van der Waals surface area (Å²) >= 11 is 0. The minimum atomic E-state index is -4.92. The third-order valence-electron chi connectivity index (χ3n) is 2.38. The fraction of sp³-hybridized carbons (Fsp3) is 0.364. The molecule has 1 amide bonds. The van der Waals surface area contributed by atoms with E-state index in [0.717, 1.165) is 0 Å². The van der Waals surface area contributed by atoms with Crippen LogP contribution in [0.2, 0.25) is 0 Å². The number of amides is 1. The van der Waals surface area contributed by atoms with Gasteiger partial charge >= 0.3 is 12.4 Å². The van der Waals surface area contributed by atoms with E-state index >= 15 is 0 Å². The van der Waals surface area contributed by atoms with Crippen LogP contribution in [0.5, 0.6) is 0 Å². The first-order valence-electron chi connectivity index (χ1n) is 5.07. The van der Waals surface area contributed by atoms with Crippen molar-refractivity contribution in [2.75, 3.05) is 0 Å². The lowest BCUT2D eigenvalue weighted by Gasteiger charge is -2.15. The van der Waals surface area contributed by atoms with Gasteiger partial charge in [-0.3, -0.25) is 4.79 Å². The summed E-state index contributed by atoms with van der Waals surface area (Å²) in [4.78, 5) is 10.5. The Kier molecular flexibility index (Phi) is 4.12. The first-order chi connectivity index (χ1) is 8.51. The minimum Gasteiger partial charge on any atom is -0.370 e. The summed E-state index contributed by atoms with van der Waals surface area (Å²) in [7, 11) is 0. The van der Waals surface area contributed by atoms with Crippen LogP contribution in [-0.4, -0.2) is 5.91 Å². The van der Waals surface area contributed by atoms with Crippen LogP contribution in [0.25, 0.3) is 0 Å². The first kappa shape index (κ1) is 15.3. The highest BCUT2D eigenvalue weighted by atomic mass is 19.4. The Labute approximate surface area is 104 Å². The van der Waals surface area contributed by atoms with Gasteiger partial charge in [0.25, 0.3) is 0 Å². The molecule has 8 heteroatoms. The zero-order valence-corrected chi connectivity index (χ0v) is 9.40. The molecule has 0 aliphatic heterocycles. The van der Waals surface area contributed by atoms with E-state index in [4.69, 9.17) is 5.73 Å². The van der Waals surface area contributed by atoms with Gasteiger partial charge in [0.1, 0.15) is 0 Å². The van der Waals surface area contributed by atoms with Crippen molar-refractivity contribution < 1.29 is 31.1 Å². The highest BCUT2D eigenvalue weighted by Crippen LogP contribution is 2.37. The molecule has 1 rings (SSSR count). The summed E-state index contributed by atoms with van der Waals surface area (Å²) in [5.74, 6) is -0.826. The highest BCUT2D eigenvalue weighted by Gasteiger charge is 2.37. The number of carbonyl (C=O) groups is 1. The van der Waals surface area contributed by atoms with E-state index in [1.165, 1.54) is 0 Å². The average Bonchev–Trinajstić information content (AvgIpc) is 2.23. The number of halogens is 6. The predicted molar refractivity (Wildman–Crippen MR) is 54.0 cm³/mol. The van der Waals surface area contributed by atoms with Crippen LogP contribution in [-0.2, 0) is 23.6 Å². The fourth-order valence-corrected chi connectivity index (χ4v) is 1.49. The van der Waals surface area contributed by atoms with E-state index in [9.17, 15) is 31.1 Å². The summed E-state index contributed by atoms with van der Waals surface area (Å²) < 4.78 is 75.1. The summed E-state index contributed by atoms with van der Waals surface area (Å²) in [5.41, 5.74) is 1.62. The lowest BCUT2D eigenvalue weighted by molar-refractivity contribution is -0.143. The lowest BCUT2D eigenvalue weighted by Crippen LogP contribution is -2.16. The molecule has 0 aliphatic carbocycles. The van der Waals surface area contributed by atoms with Crippen molar-refractivity contribution in [3.63, 3.8) is 0 Å². The molecule has 1 aromatic rings. The van der Waals surface area contributed by atoms with Gasteiger partial charge in [-0.05, 0) is 24.1 Å². The van der Waals surface area contributed by atoms with E-state index in [1.54, 1.807) is 0 Å². The Balaban J connectivity index is 3.22. The molecule has 0 bridgehead atoms. The maximum absolute atomic E-state index is 12.7. The zero-order chi connectivity index (χ0) is 14.8. The lowest BCUT2D eigenvalue weighted by atomic mass is 9.99. The molecule has 19 heavy (non-hydrogen) atoms. The molecular weight excluding hydrogens is 276 g/mol. The predicted octanol–water partition coefficient (Wildman–Crippen LogP) is 3.14. The quantitative estimate of drug-likeness (QED) is 0.852. The standard InChI is InChI=1S/C11H9F6NO/c12-10(13,14)7-3-1-6(2-4-9(18)19)8(5-7)11(15,16)17/h1,3,5H,2,4H2,(H2,18,19). The van der Waals surface area contributed by atoms with Crippen molar-refractivity contribution in [1.29, 1.82) is 0 Å². The second-order valence-corrected chi connectivity index (χ2v) is 3.83. The second kappa shape index (κ2) is 5.10. The highest BCUT2D eigenvalue weighted by molar-refractivity contribution is 5.74. The normalized spacial score (nSPS) is 12.5. The second-order valence-electron chi connectivity index (χ2n) is 3.83. The smallest absolute Gasteiger partial charge is 0.370 e. The summed E-state index contributed by atoms with van der Waals surface area (Å²) in [6.07, 6.45) is -10.5. The van der Waals surface area contributed by atoms with Gasteiger partial charge in [-0.15, -0.1) is 0 Å². The third-order valence-corrected chi connectivity index (χ3v) is 2.38. The molecule has 0 radical (unpaired) electrons. The Hall–Kier alpha value is -1.73. The molecule has 0 fully saturated rings. The first-order valence-corrected chi connectivity index (χ1v) is 5.07. The van der Waals surface area contributed by atoms with E-state index < -0.39 is 29.4 Å². The van der Waals surface area contributed by atoms with Crippen LogP contribution in [0, 0.1) is 0 Å². The molecule has 0 atom stereocenters.